The fourth-order valence-electron chi connectivity index (χ4n) is 4.72. The number of para-hydroxylation sites is 1. The molecule has 1 aromatic heterocycles. The fourth-order valence-corrected chi connectivity index (χ4v) is 4.72. The Morgan fingerprint density at radius 1 is 1.06 bits per heavy atom. The molecule has 2 aliphatic rings. The van der Waals surface area contributed by atoms with Crippen molar-refractivity contribution >= 4 is 40.6 Å². The number of likely N-dealkylation sites (tertiary alicyclic amines) is 1. The van der Waals surface area contributed by atoms with Gasteiger partial charge in [-0.05, 0) is 43.0 Å². The Hall–Kier alpha value is -4.14. The molecule has 3 aromatic rings. The van der Waals surface area contributed by atoms with Crippen molar-refractivity contribution in [3.63, 3.8) is 0 Å². The molecule has 0 atom stereocenters. The van der Waals surface area contributed by atoms with Gasteiger partial charge < -0.3 is 24.8 Å². The average molecular weight is 487 g/mol. The lowest BCUT2D eigenvalue weighted by Gasteiger charge is -2.30. The van der Waals surface area contributed by atoms with Gasteiger partial charge in [-0.1, -0.05) is 19.1 Å². The molecule has 0 saturated carbocycles. The first-order valence-corrected chi connectivity index (χ1v) is 12.1. The predicted octanol–water partition coefficient (Wildman–Crippen LogP) is 4.46. The normalized spacial score (nSPS) is 15.8. The van der Waals surface area contributed by atoms with Gasteiger partial charge in [0.25, 0.3) is 11.8 Å². The molecule has 5 rings (SSSR count). The standard InChI is InChI=1S/C27H30N6O3/c1-17-11-13-33(14-12-17)26(35)20-10-9-18(15-23(20)36-4)29-27-28-16-22-24(30-27)31(2)21-8-6-5-7-19(21)25(34)32(22)3/h5-10,15-17H,11-14H2,1-4H3,(H,28,29,30). The third-order valence-electron chi connectivity index (χ3n) is 6.99. The van der Waals surface area contributed by atoms with Crippen molar-refractivity contribution in [1.82, 2.24) is 14.9 Å². The molecular weight excluding hydrogens is 456 g/mol. The predicted molar refractivity (Wildman–Crippen MR) is 140 cm³/mol. The van der Waals surface area contributed by atoms with Gasteiger partial charge in [-0.15, -0.1) is 0 Å². The monoisotopic (exact) mass is 486 g/mol. The highest BCUT2D eigenvalue weighted by molar-refractivity contribution is 6.13. The van der Waals surface area contributed by atoms with Crippen molar-refractivity contribution in [2.24, 2.45) is 5.92 Å². The lowest BCUT2D eigenvalue weighted by Crippen LogP contribution is -2.38. The maximum Gasteiger partial charge on any atom is 0.260 e. The number of carbonyl (C=O) groups is 2. The Morgan fingerprint density at radius 3 is 2.56 bits per heavy atom. The topological polar surface area (TPSA) is 90.9 Å². The van der Waals surface area contributed by atoms with Crippen LogP contribution in [0.3, 0.4) is 0 Å². The molecule has 2 amide bonds. The number of methoxy groups -OCH3 is 1. The van der Waals surface area contributed by atoms with Crippen molar-refractivity contribution in [3.8, 4) is 5.75 Å². The van der Waals surface area contributed by atoms with Crippen molar-refractivity contribution < 1.29 is 14.3 Å². The molecule has 0 radical (unpaired) electrons. The lowest BCUT2D eigenvalue weighted by atomic mass is 9.98. The summed E-state index contributed by atoms with van der Waals surface area (Å²) < 4.78 is 5.57. The SMILES string of the molecule is COc1cc(Nc2ncc3c(n2)N(C)c2ccccc2C(=O)N3C)ccc1C(=O)N1CCC(C)CC1. The summed E-state index contributed by atoms with van der Waals surface area (Å²) >= 11 is 0. The highest BCUT2D eigenvalue weighted by Crippen LogP contribution is 2.38. The number of hydrogen-bond donors (Lipinski definition) is 1. The molecule has 9 nitrogen and oxygen atoms in total. The van der Waals surface area contributed by atoms with E-state index in [9.17, 15) is 9.59 Å². The molecule has 3 heterocycles. The smallest absolute Gasteiger partial charge is 0.260 e. The Labute approximate surface area is 210 Å². The Morgan fingerprint density at radius 2 is 1.81 bits per heavy atom. The van der Waals surface area contributed by atoms with E-state index < -0.39 is 0 Å². The molecule has 2 aromatic carbocycles. The maximum absolute atomic E-state index is 13.1. The summed E-state index contributed by atoms with van der Waals surface area (Å²) in [6.07, 6.45) is 3.67. The number of hydrogen-bond acceptors (Lipinski definition) is 7. The van der Waals surface area contributed by atoms with Gasteiger partial charge in [-0.25, -0.2) is 4.98 Å². The summed E-state index contributed by atoms with van der Waals surface area (Å²) in [5.74, 6) is 1.98. The zero-order valence-corrected chi connectivity index (χ0v) is 21.0. The number of benzene rings is 2. The molecule has 186 valence electrons. The minimum absolute atomic E-state index is 0.0143. The molecule has 0 unspecified atom stereocenters. The van der Waals surface area contributed by atoms with E-state index in [1.54, 1.807) is 37.4 Å². The number of amides is 2. The van der Waals surface area contributed by atoms with Crippen molar-refractivity contribution in [3.05, 3.63) is 59.8 Å². The van der Waals surface area contributed by atoms with Gasteiger partial charge in [0, 0.05) is 38.9 Å². The van der Waals surface area contributed by atoms with Gasteiger partial charge in [0.05, 0.1) is 30.1 Å². The second kappa shape index (κ2) is 9.49. The van der Waals surface area contributed by atoms with Crippen LogP contribution in [0.4, 0.5) is 28.8 Å². The van der Waals surface area contributed by atoms with E-state index in [1.165, 1.54) is 0 Å². The molecule has 1 N–H and O–H groups in total. The first kappa shape index (κ1) is 23.6. The molecule has 0 bridgehead atoms. The first-order valence-electron chi connectivity index (χ1n) is 12.1. The van der Waals surface area contributed by atoms with E-state index >= 15 is 0 Å². The van der Waals surface area contributed by atoms with Crippen LogP contribution in [-0.4, -0.2) is 61.0 Å². The number of aromatic nitrogens is 2. The van der Waals surface area contributed by atoms with Crippen LogP contribution in [0.5, 0.6) is 5.75 Å². The van der Waals surface area contributed by atoms with Crippen LogP contribution in [0, 0.1) is 5.92 Å². The van der Waals surface area contributed by atoms with Crippen molar-refractivity contribution in [2.45, 2.75) is 19.8 Å². The number of anilines is 5. The van der Waals surface area contributed by atoms with E-state index in [2.05, 4.69) is 17.2 Å². The number of ether oxygens (including phenoxy) is 1. The quantitative estimate of drug-likeness (QED) is 0.582. The Bertz CT molecular complexity index is 1320. The van der Waals surface area contributed by atoms with Gasteiger partial charge in [-0.2, -0.15) is 4.98 Å². The van der Waals surface area contributed by atoms with E-state index in [4.69, 9.17) is 9.72 Å². The van der Waals surface area contributed by atoms with E-state index in [0.717, 1.165) is 31.6 Å². The number of rotatable bonds is 4. The Balaban J connectivity index is 1.42. The van der Waals surface area contributed by atoms with Gasteiger partial charge in [0.2, 0.25) is 5.95 Å². The van der Waals surface area contributed by atoms with Crippen LogP contribution in [0.2, 0.25) is 0 Å². The second-order valence-electron chi connectivity index (χ2n) is 9.36. The van der Waals surface area contributed by atoms with E-state index in [-0.39, 0.29) is 11.8 Å². The van der Waals surface area contributed by atoms with Crippen LogP contribution in [-0.2, 0) is 0 Å². The third kappa shape index (κ3) is 4.21. The van der Waals surface area contributed by atoms with Crippen molar-refractivity contribution in [2.75, 3.05) is 49.4 Å². The van der Waals surface area contributed by atoms with Crippen LogP contribution in [0.15, 0.2) is 48.7 Å². The zero-order valence-electron chi connectivity index (χ0n) is 21.0. The van der Waals surface area contributed by atoms with Crippen LogP contribution in [0.1, 0.15) is 40.5 Å². The summed E-state index contributed by atoms with van der Waals surface area (Å²) in [5, 5.41) is 3.21. The lowest BCUT2D eigenvalue weighted by molar-refractivity contribution is 0.0693. The average Bonchev–Trinajstić information content (AvgIpc) is 2.98. The van der Waals surface area contributed by atoms with Gasteiger partial charge in [0.15, 0.2) is 5.82 Å². The Kier molecular flexibility index (Phi) is 6.22. The minimum atomic E-state index is -0.117. The molecule has 36 heavy (non-hydrogen) atoms. The highest BCUT2D eigenvalue weighted by atomic mass is 16.5. The number of carbonyl (C=O) groups excluding carboxylic acids is 2. The fraction of sp³-hybridized carbons (Fsp3) is 0.333. The molecule has 0 aliphatic carbocycles. The second-order valence-corrected chi connectivity index (χ2v) is 9.36. The molecular formula is C27H30N6O3. The molecule has 2 aliphatic heterocycles. The first-order chi connectivity index (χ1) is 17.4. The maximum atomic E-state index is 13.1. The van der Waals surface area contributed by atoms with Gasteiger partial charge in [-0.3, -0.25) is 9.59 Å². The van der Waals surface area contributed by atoms with Gasteiger partial charge in [0.1, 0.15) is 11.4 Å². The minimum Gasteiger partial charge on any atom is -0.496 e. The largest absolute Gasteiger partial charge is 0.496 e. The summed E-state index contributed by atoms with van der Waals surface area (Å²) in [6, 6.07) is 12.8. The van der Waals surface area contributed by atoms with Crippen LogP contribution in [0.25, 0.3) is 0 Å². The van der Waals surface area contributed by atoms with Gasteiger partial charge >= 0.3 is 0 Å². The number of fused-ring (bicyclic) bond motifs is 2. The van der Waals surface area contributed by atoms with E-state index in [0.29, 0.717) is 45.9 Å². The zero-order chi connectivity index (χ0) is 25.4. The summed E-state index contributed by atoms with van der Waals surface area (Å²) in [6.45, 7) is 3.75. The highest BCUT2D eigenvalue weighted by Gasteiger charge is 2.29. The number of piperidine rings is 1. The summed E-state index contributed by atoms with van der Waals surface area (Å²) in [4.78, 5) is 40.6. The van der Waals surface area contributed by atoms with Crippen LogP contribution >= 0.6 is 0 Å². The van der Waals surface area contributed by atoms with Crippen LogP contribution < -0.4 is 19.9 Å². The van der Waals surface area contributed by atoms with Crippen molar-refractivity contribution in [1.29, 1.82) is 0 Å². The summed E-state index contributed by atoms with van der Waals surface area (Å²) in [7, 11) is 5.16. The molecule has 9 heteroatoms. The third-order valence-corrected chi connectivity index (χ3v) is 6.99. The van der Waals surface area contributed by atoms with E-state index in [1.807, 2.05) is 47.2 Å². The summed E-state index contributed by atoms with van der Waals surface area (Å²) in [5.41, 5.74) is 3.21. The molecule has 1 saturated heterocycles. The molecule has 1 fully saturated rings. The number of nitrogens with zero attached hydrogens (tertiary/aromatic N) is 5. The molecule has 0 spiro atoms. The number of nitrogens with one attached hydrogen (secondary N) is 1.